The first-order valence-corrected chi connectivity index (χ1v) is 10.5. The Balaban J connectivity index is 1.63. The van der Waals surface area contributed by atoms with E-state index in [-0.39, 0.29) is 37.2 Å². The third-order valence-corrected chi connectivity index (χ3v) is 6.29. The summed E-state index contributed by atoms with van der Waals surface area (Å²) in [5.74, 6) is -0.285. The fourth-order valence-corrected chi connectivity index (χ4v) is 4.42. The van der Waals surface area contributed by atoms with E-state index < -0.39 is 11.5 Å². The van der Waals surface area contributed by atoms with Crippen LogP contribution in [-0.2, 0) is 16.0 Å². The van der Waals surface area contributed by atoms with Gasteiger partial charge < -0.3 is 20.0 Å². The highest BCUT2D eigenvalue weighted by molar-refractivity contribution is 5.79. The van der Waals surface area contributed by atoms with Crippen LogP contribution in [0, 0.1) is 11.2 Å². The van der Waals surface area contributed by atoms with E-state index in [9.17, 15) is 24.2 Å². The van der Waals surface area contributed by atoms with Crippen molar-refractivity contribution in [3.63, 3.8) is 0 Å². The van der Waals surface area contributed by atoms with Crippen LogP contribution in [0.15, 0.2) is 24.3 Å². The number of piperidine rings is 1. The number of benzene rings is 1. The molecule has 2 aliphatic rings. The lowest BCUT2D eigenvalue weighted by Gasteiger charge is -2.45. The van der Waals surface area contributed by atoms with Crippen LogP contribution in [0.25, 0.3) is 0 Å². The SMILES string of the molecule is O=C1CCCCCN1CCC(=O)N1CC[C@H](O)[C@@](CO)(Cc2ccc(F)cc2)C1. The Bertz CT molecular complexity index is 711. The van der Waals surface area contributed by atoms with Gasteiger partial charge >= 0.3 is 0 Å². The van der Waals surface area contributed by atoms with Gasteiger partial charge in [-0.05, 0) is 43.4 Å². The molecule has 0 bridgehead atoms. The number of hydrogen-bond acceptors (Lipinski definition) is 4. The molecule has 0 aromatic heterocycles. The summed E-state index contributed by atoms with van der Waals surface area (Å²) in [6.45, 7) is 1.53. The monoisotopic (exact) mass is 406 g/mol. The van der Waals surface area contributed by atoms with Gasteiger partial charge in [-0.3, -0.25) is 9.59 Å². The van der Waals surface area contributed by atoms with Gasteiger partial charge in [-0.1, -0.05) is 18.6 Å². The van der Waals surface area contributed by atoms with Gasteiger partial charge in [-0.15, -0.1) is 0 Å². The summed E-state index contributed by atoms with van der Waals surface area (Å²) in [4.78, 5) is 28.4. The number of nitrogens with zero attached hydrogens (tertiary/aromatic N) is 2. The fraction of sp³-hybridized carbons (Fsp3) is 0.636. The van der Waals surface area contributed by atoms with Crippen LogP contribution in [0.1, 0.15) is 44.1 Å². The summed E-state index contributed by atoms with van der Waals surface area (Å²) in [6.07, 6.45) is 3.73. The van der Waals surface area contributed by atoms with Gasteiger partial charge in [-0.2, -0.15) is 0 Å². The number of aliphatic hydroxyl groups excluding tert-OH is 2. The number of carbonyl (C=O) groups excluding carboxylic acids is 2. The molecule has 2 heterocycles. The van der Waals surface area contributed by atoms with Gasteiger partial charge in [-0.25, -0.2) is 4.39 Å². The van der Waals surface area contributed by atoms with E-state index in [1.54, 1.807) is 21.9 Å². The zero-order valence-corrected chi connectivity index (χ0v) is 16.9. The molecule has 2 amide bonds. The van der Waals surface area contributed by atoms with Crippen LogP contribution in [0.2, 0.25) is 0 Å². The van der Waals surface area contributed by atoms with Crippen molar-refractivity contribution < 1.29 is 24.2 Å². The molecule has 29 heavy (non-hydrogen) atoms. The van der Waals surface area contributed by atoms with Crippen molar-refractivity contribution in [1.82, 2.24) is 9.80 Å². The largest absolute Gasteiger partial charge is 0.396 e. The molecule has 2 aliphatic heterocycles. The number of rotatable bonds is 6. The second kappa shape index (κ2) is 9.67. The van der Waals surface area contributed by atoms with Gasteiger partial charge in [0.15, 0.2) is 0 Å². The van der Waals surface area contributed by atoms with Crippen LogP contribution in [0.4, 0.5) is 4.39 Å². The minimum Gasteiger partial charge on any atom is -0.396 e. The van der Waals surface area contributed by atoms with Crippen LogP contribution < -0.4 is 0 Å². The van der Waals surface area contributed by atoms with Crippen LogP contribution >= 0.6 is 0 Å². The van der Waals surface area contributed by atoms with E-state index in [0.29, 0.717) is 38.9 Å². The Labute approximate surface area is 171 Å². The van der Waals surface area contributed by atoms with Crippen molar-refractivity contribution in [2.45, 2.75) is 51.0 Å². The molecule has 1 aromatic carbocycles. The van der Waals surface area contributed by atoms with Crippen LogP contribution in [-0.4, -0.2) is 70.7 Å². The lowest BCUT2D eigenvalue weighted by Crippen LogP contribution is -2.56. The minimum absolute atomic E-state index is 0.0640. The molecule has 0 saturated carbocycles. The molecule has 2 saturated heterocycles. The number of carbonyl (C=O) groups is 2. The number of aliphatic hydroxyl groups is 2. The topological polar surface area (TPSA) is 81.1 Å². The molecule has 2 N–H and O–H groups in total. The Morgan fingerprint density at radius 2 is 1.93 bits per heavy atom. The molecule has 0 unspecified atom stereocenters. The zero-order valence-electron chi connectivity index (χ0n) is 16.9. The maximum Gasteiger partial charge on any atom is 0.224 e. The lowest BCUT2D eigenvalue weighted by atomic mass is 9.73. The molecule has 7 heteroatoms. The smallest absolute Gasteiger partial charge is 0.224 e. The molecule has 6 nitrogen and oxygen atoms in total. The number of amides is 2. The highest BCUT2D eigenvalue weighted by Gasteiger charge is 2.43. The lowest BCUT2D eigenvalue weighted by molar-refractivity contribution is -0.142. The van der Waals surface area contributed by atoms with Crippen molar-refractivity contribution in [1.29, 1.82) is 0 Å². The van der Waals surface area contributed by atoms with E-state index in [2.05, 4.69) is 0 Å². The van der Waals surface area contributed by atoms with Gasteiger partial charge in [0.25, 0.3) is 0 Å². The van der Waals surface area contributed by atoms with Gasteiger partial charge in [0.1, 0.15) is 5.82 Å². The summed E-state index contributed by atoms with van der Waals surface area (Å²) >= 11 is 0. The second-order valence-electron chi connectivity index (χ2n) is 8.38. The first-order chi connectivity index (χ1) is 13.9. The van der Waals surface area contributed by atoms with Gasteiger partial charge in [0.05, 0.1) is 12.7 Å². The van der Waals surface area contributed by atoms with Gasteiger partial charge in [0.2, 0.25) is 11.8 Å². The number of halogens is 1. The fourth-order valence-electron chi connectivity index (χ4n) is 4.42. The van der Waals surface area contributed by atoms with Crippen molar-refractivity contribution in [2.75, 3.05) is 32.8 Å². The van der Waals surface area contributed by atoms with Gasteiger partial charge in [0, 0.05) is 44.4 Å². The Morgan fingerprint density at radius 3 is 2.66 bits per heavy atom. The number of hydrogen-bond donors (Lipinski definition) is 2. The van der Waals surface area contributed by atoms with E-state index in [0.717, 1.165) is 24.8 Å². The molecular formula is C22H31FN2O4. The first kappa shape index (κ1) is 21.7. The predicted octanol–water partition coefficient (Wildman–Crippen LogP) is 1.73. The Hall–Kier alpha value is -1.99. The van der Waals surface area contributed by atoms with E-state index in [4.69, 9.17) is 0 Å². The normalized spacial score (nSPS) is 25.8. The second-order valence-corrected chi connectivity index (χ2v) is 8.38. The summed E-state index contributed by atoms with van der Waals surface area (Å²) in [5, 5.41) is 20.7. The molecule has 1 aromatic rings. The number of likely N-dealkylation sites (tertiary alicyclic amines) is 2. The maximum atomic E-state index is 13.2. The summed E-state index contributed by atoms with van der Waals surface area (Å²) in [5.41, 5.74) is -0.0616. The molecule has 160 valence electrons. The Kier molecular flexibility index (Phi) is 7.24. The first-order valence-electron chi connectivity index (χ1n) is 10.5. The summed E-state index contributed by atoms with van der Waals surface area (Å²) in [7, 11) is 0. The quantitative estimate of drug-likeness (QED) is 0.754. The standard InChI is InChI=1S/C22H31FN2O4/c23-18-7-5-17(6-8-18)14-22(16-26)15-25(12-9-19(22)27)21(29)10-13-24-11-3-1-2-4-20(24)28/h5-8,19,26-27H,1-4,9-16H2/t19-,22-/m0/s1. The third-order valence-electron chi connectivity index (χ3n) is 6.29. The summed E-state index contributed by atoms with van der Waals surface area (Å²) in [6, 6.07) is 6.00. The summed E-state index contributed by atoms with van der Waals surface area (Å²) < 4.78 is 13.2. The molecule has 2 atom stereocenters. The molecule has 0 aliphatic carbocycles. The zero-order chi connectivity index (χ0) is 20.9. The minimum atomic E-state index is -0.871. The van der Waals surface area contributed by atoms with E-state index in [1.807, 2.05) is 0 Å². The highest BCUT2D eigenvalue weighted by atomic mass is 19.1. The van der Waals surface area contributed by atoms with Crippen LogP contribution in [0.5, 0.6) is 0 Å². The van der Waals surface area contributed by atoms with Crippen LogP contribution in [0.3, 0.4) is 0 Å². The maximum absolute atomic E-state index is 13.2. The molecule has 3 rings (SSSR count). The average Bonchev–Trinajstić information content (AvgIpc) is 2.93. The van der Waals surface area contributed by atoms with Crippen molar-refractivity contribution >= 4 is 11.8 Å². The molecule has 0 radical (unpaired) electrons. The van der Waals surface area contributed by atoms with Crippen molar-refractivity contribution in [3.8, 4) is 0 Å². The molecule has 0 spiro atoms. The van der Waals surface area contributed by atoms with E-state index >= 15 is 0 Å². The third kappa shape index (κ3) is 5.34. The molecule has 2 fully saturated rings. The van der Waals surface area contributed by atoms with E-state index in [1.165, 1.54) is 12.1 Å². The highest BCUT2D eigenvalue weighted by Crippen LogP contribution is 2.34. The Morgan fingerprint density at radius 1 is 1.17 bits per heavy atom. The van der Waals surface area contributed by atoms with Crippen molar-refractivity contribution in [3.05, 3.63) is 35.6 Å². The average molecular weight is 406 g/mol. The predicted molar refractivity (Wildman–Crippen MR) is 106 cm³/mol. The molecular weight excluding hydrogens is 375 g/mol. The van der Waals surface area contributed by atoms with Crippen molar-refractivity contribution in [2.24, 2.45) is 5.41 Å².